The van der Waals surface area contributed by atoms with Crippen LogP contribution in [-0.2, 0) is 9.84 Å². The second-order valence-corrected chi connectivity index (χ2v) is 4.41. The van der Waals surface area contributed by atoms with Crippen LogP contribution in [0.1, 0.15) is 0 Å². The molecule has 0 unspecified atom stereocenters. The molecule has 4 heteroatoms. The molecule has 1 aromatic carbocycles. The maximum Gasteiger partial charge on any atom is 0.179 e. The summed E-state index contributed by atoms with van der Waals surface area (Å²) < 4.78 is 27.2. The van der Waals surface area contributed by atoms with E-state index in [9.17, 15) is 8.42 Å². The van der Waals surface area contributed by atoms with E-state index in [0.29, 0.717) is 5.75 Å². The summed E-state index contributed by atoms with van der Waals surface area (Å²) in [5, 5.41) is 0. The molecule has 0 amide bonds. The lowest BCUT2D eigenvalue weighted by atomic mass is 10.3. The minimum Gasteiger partial charge on any atom is -0.495 e. The summed E-state index contributed by atoms with van der Waals surface area (Å²) >= 11 is 0. The van der Waals surface area contributed by atoms with Gasteiger partial charge in [-0.15, -0.1) is 0 Å². The van der Waals surface area contributed by atoms with E-state index in [1.807, 2.05) is 0 Å². The van der Waals surface area contributed by atoms with Crippen molar-refractivity contribution < 1.29 is 13.2 Å². The fourth-order valence-corrected chi connectivity index (χ4v) is 1.77. The average Bonchev–Trinajstić information content (AvgIpc) is 2.03. The monoisotopic (exact) mass is 186 g/mol. The zero-order valence-corrected chi connectivity index (χ0v) is 7.76. The van der Waals surface area contributed by atoms with Gasteiger partial charge in [0.15, 0.2) is 9.84 Å². The van der Waals surface area contributed by atoms with Gasteiger partial charge >= 0.3 is 0 Å². The predicted octanol–water partition coefficient (Wildman–Crippen LogP) is 1.10. The van der Waals surface area contributed by atoms with Crippen LogP contribution >= 0.6 is 0 Å². The molecule has 0 saturated carbocycles. The van der Waals surface area contributed by atoms with Gasteiger partial charge in [-0.25, -0.2) is 8.42 Å². The summed E-state index contributed by atoms with van der Waals surface area (Å²) in [5.41, 5.74) is 0. The van der Waals surface area contributed by atoms with Crippen LogP contribution in [0.25, 0.3) is 0 Å². The zero-order valence-electron chi connectivity index (χ0n) is 6.94. The number of benzene rings is 1. The first-order valence-electron chi connectivity index (χ1n) is 3.39. The highest BCUT2D eigenvalue weighted by molar-refractivity contribution is 7.90. The van der Waals surface area contributed by atoms with Crippen molar-refractivity contribution in [3.63, 3.8) is 0 Å². The zero-order chi connectivity index (χ0) is 9.19. The third kappa shape index (κ3) is 1.76. The third-order valence-electron chi connectivity index (χ3n) is 1.47. The van der Waals surface area contributed by atoms with E-state index in [-0.39, 0.29) is 4.90 Å². The summed E-state index contributed by atoms with van der Waals surface area (Å²) in [6, 6.07) is 6.54. The fourth-order valence-electron chi connectivity index (χ4n) is 0.925. The highest BCUT2D eigenvalue weighted by Gasteiger charge is 2.11. The molecule has 66 valence electrons. The molecule has 0 aliphatic heterocycles. The van der Waals surface area contributed by atoms with Gasteiger partial charge in [0.25, 0.3) is 0 Å². The van der Waals surface area contributed by atoms with E-state index in [0.717, 1.165) is 6.26 Å². The summed E-state index contributed by atoms with van der Waals surface area (Å²) in [7, 11) is -1.72. The molecule has 0 aliphatic rings. The van der Waals surface area contributed by atoms with Gasteiger partial charge in [0.1, 0.15) is 10.6 Å². The number of hydrogen-bond donors (Lipinski definition) is 0. The molecule has 0 atom stereocenters. The number of hydrogen-bond acceptors (Lipinski definition) is 3. The SMILES string of the molecule is COc1ccccc1S(C)(=O)=O. The van der Waals surface area contributed by atoms with Crippen molar-refractivity contribution in [3.8, 4) is 5.75 Å². The Kier molecular flexibility index (Phi) is 2.38. The average molecular weight is 186 g/mol. The van der Waals surface area contributed by atoms with Gasteiger partial charge < -0.3 is 4.74 Å². The molecule has 0 heterocycles. The summed E-state index contributed by atoms with van der Waals surface area (Å²) in [5.74, 6) is 0.389. The standard InChI is InChI=1S/C8H10O3S/c1-11-7-5-3-4-6-8(7)12(2,9)10/h3-6H,1-2H3. The van der Waals surface area contributed by atoms with Crippen molar-refractivity contribution in [2.75, 3.05) is 13.4 Å². The van der Waals surface area contributed by atoms with Crippen molar-refractivity contribution in [2.45, 2.75) is 4.90 Å². The van der Waals surface area contributed by atoms with Crippen LogP contribution in [0.4, 0.5) is 0 Å². The van der Waals surface area contributed by atoms with E-state index >= 15 is 0 Å². The second-order valence-electron chi connectivity index (χ2n) is 2.42. The Labute approximate surface area is 71.9 Å². The maximum atomic E-state index is 11.1. The Morgan fingerprint density at radius 3 is 2.25 bits per heavy atom. The fraction of sp³-hybridized carbons (Fsp3) is 0.250. The predicted molar refractivity (Wildman–Crippen MR) is 46.1 cm³/mol. The summed E-state index contributed by atoms with van der Waals surface area (Å²) in [6.45, 7) is 0. The van der Waals surface area contributed by atoms with E-state index in [2.05, 4.69) is 0 Å². The van der Waals surface area contributed by atoms with Gasteiger partial charge in [0.2, 0.25) is 0 Å². The molecular weight excluding hydrogens is 176 g/mol. The van der Waals surface area contributed by atoms with Crippen LogP contribution in [-0.4, -0.2) is 21.8 Å². The molecule has 1 rings (SSSR count). The van der Waals surface area contributed by atoms with Gasteiger partial charge in [-0.2, -0.15) is 0 Å². The molecule has 0 spiro atoms. The smallest absolute Gasteiger partial charge is 0.179 e. The van der Waals surface area contributed by atoms with Crippen LogP contribution in [0, 0.1) is 0 Å². The van der Waals surface area contributed by atoms with Crippen molar-refractivity contribution in [3.05, 3.63) is 24.3 Å². The van der Waals surface area contributed by atoms with Gasteiger partial charge in [-0.1, -0.05) is 12.1 Å². The van der Waals surface area contributed by atoms with E-state index in [4.69, 9.17) is 4.74 Å². The van der Waals surface area contributed by atoms with E-state index in [1.54, 1.807) is 18.2 Å². The van der Waals surface area contributed by atoms with Crippen molar-refractivity contribution >= 4 is 9.84 Å². The third-order valence-corrected chi connectivity index (χ3v) is 2.60. The van der Waals surface area contributed by atoms with Crippen LogP contribution in [0.2, 0.25) is 0 Å². The van der Waals surface area contributed by atoms with E-state index < -0.39 is 9.84 Å². The van der Waals surface area contributed by atoms with Crippen LogP contribution < -0.4 is 4.74 Å². The van der Waals surface area contributed by atoms with E-state index in [1.165, 1.54) is 13.2 Å². The second kappa shape index (κ2) is 3.15. The highest BCUT2D eigenvalue weighted by Crippen LogP contribution is 2.21. The lowest BCUT2D eigenvalue weighted by Gasteiger charge is -2.04. The molecule has 0 N–H and O–H groups in total. The van der Waals surface area contributed by atoms with Crippen molar-refractivity contribution in [1.82, 2.24) is 0 Å². The Balaban J connectivity index is 3.33. The number of rotatable bonds is 2. The lowest BCUT2D eigenvalue weighted by Crippen LogP contribution is -1.99. The normalized spacial score (nSPS) is 11.2. The molecule has 0 saturated heterocycles. The van der Waals surface area contributed by atoms with Crippen LogP contribution in [0.15, 0.2) is 29.2 Å². The first-order chi connectivity index (χ1) is 5.55. The lowest BCUT2D eigenvalue weighted by molar-refractivity contribution is 0.403. The summed E-state index contributed by atoms with van der Waals surface area (Å²) in [6.07, 6.45) is 1.16. The molecule has 0 bridgehead atoms. The Morgan fingerprint density at radius 1 is 1.25 bits per heavy atom. The molecule has 0 radical (unpaired) electrons. The minimum absolute atomic E-state index is 0.229. The molecule has 12 heavy (non-hydrogen) atoms. The minimum atomic E-state index is -3.17. The first-order valence-corrected chi connectivity index (χ1v) is 5.28. The van der Waals surface area contributed by atoms with Crippen molar-refractivity contribution in [1.29, 1.82) is 0 Å². The number of ether oxygens (including phenoxy) is 1. The van der Waals surface area contributed by atoms with Gasteiger partial charge in [-0.05, 0) is 12.1 Å². The van der Waals surface area contributed by atoms with Crippen molar-refractivity contribution in [2.24, 2.45) is 0 Å². The van der Waals surface area contributed by atoms with Gasteiger partial charge in [0.05, 0.1) is 7.11 Å². The maximum absolute atomic E-state index is 11.1. The number of sulfone groups is 1. The van der Waals surface area contributed by atoms with Crippen LogP contribution in [0.5, 0.6) is 5.75 Å². The molecular formula is C8H10O3S. The van der Waals surface area contributed by atoms with Gasteiger partial charge in [-0.3, -0.25) is 0 Å². The highest BCUT2D eigenvalue weighted by atomic mass is 32.2. The topological polar surface area (TPSA) is 43.4 Å². The molecule has 0 aromatic heterocycles. The number of para-hydroxylation sites is 1. The Morgan fingerprint density at radius 2 is 1.83 bits per heavy atom. The largest absolute Gasteiger partial charge is 0.495 e. The Bertz CT molecular complexity index is 368. The number of methoxy groups -OCH3 is 1. The first kappa shape index (κ1) is 9.06. The van der Waals surface area contributed by atoms with Gasteiger partial charge in [0, 0.05) is 6.26 Å². The molecule has 3 nitrogen and oxygen atoms in total. The molecule has 0 fully saturated rings. The quantitative estimate of drug-likeness (QED) is 0.694. The molecule has 1 aromatic rings. The van der Waals surface area contributed by atoms with Crippen LogP contribution in [0.3, 0.4) is 0 Å². The Hall–Kier alpha value is -1.03. The summed E-state index contributed by atoms with van der Waals surface area (Å²) in [4.78, 5) is 0.229. The molecule has 0 aliphatic carbocycles.